The lowest BCUT2D eigenvalue weighted by Gasteiger charge is -2.02. The molecule has 2 N–H and O–H groups in total. The molecule has 0 aliphatic heterocycles. The van der Waals surface area contributed by atoms with E-state index in [0.29, 0.717) is 10.7 Å². The third-order valence-corrected chi connectivity index (χ3v) is 3.97. The number of benzene rings is 2. The highest BCUT2D eigenvalue weighted by Gasteiger charge is 2.10. The minimum atomic E-state index is 0.236. The fraction of sp³-hybridized carbons (Fsp3) is 0. The number of aromatic hydroxyl groups is 1. The van der Waals surface area contributed by atoms with E-state index in [2.05, 4.69) is 15.2 Å². The van der Waals surface area contributed by atoms with Gasteiger partial charge in [0.25, 0.3) is 0 Å². The van der Waals surface area contributed by atoms with Crippen LogP contribution in [0.15, 0.2) is 60.7 Å². The van der Waals surface area contributed by atoms with Crippen LogP contribution >= 0.6 is 11.6 Å². The normalized spacial score (nSPS) is 11.0. The van der Waals surface area contributed by atoms with Crippen molar-refractivity contribution < 1.29 is 5.11 Å². The fourth-order valence-corrected chi connectivity index (χ4v) is 2.65. The molecule has 0 aliphatic carbocycles. The number of aromatic amines is 1. The van der Waals surface area contributed by atoms with Crippen LogP contribution < -0.4 is 0 Å². The van der Waals surface area contributed by atoms with Crippen LogP contribution in [0, 0.1) is 0 Å². The van der Waals surface area contributed by atoms with Crippen molar-refractivity contribution in [3.63, 3.8) is 0 Å². The Morgan fingerprint density at radius 3 is 2.26 bits per heavy atom. The van der Waals surface area contributed by atoms with Crippen LogP contribution in [0.3, 0.4) is 0 Å². The van der Waals surface area contributed by atoms with Gasteiger partial charge in [-0.3, -0.25) is 5.10 Å². The Morgan fingerprint density at radius 1 is 0.826 bits per heavy atom. The number of phenolic OH excluding ortho intramolecular Hbond substituents is 1. The van der Waals surface area contributed by atoms with Crippen LogP contribution in [0.5, 0.6) is 5.75 Å². The number of fused-ring (bicyclic) bond motifs is 1. The van der Waals surface area contributed by atoms with Gasteiger partial charge in [0.1, 0.15) is 5.75 Å². The number of hydrogen-bond donors (Lipinski definition) is 2. The molecule has 0 aliphatic rings. The van der Waals surface area contributed by atoms with Crippen molar-refractivity contribution in [1.29, 1.82) is 0 Å². The van der Waals surface area contributed by atoms with Crippen molar-refractivity contribution in [2.45, 2.75) is 0 Å². The van der Waals surface area contributed by atoms with Crippen molar-refractivity contribution >= 4 is 22.6 Å². The first-order valence-corrected chi connectivity index (χ1v) is 7.49. The number of pyridine rings is 1. The lowest BCUT2D eigenvalue weighted by atomic mass is 10.1. The fourth-order valence-electron chi connectivity index (χ4n) is 2.53. The summed E-state index contributed by atoms with van der Waals surface area (Å²) in [6, 6.07) is 18.5. The second kappa shape index (κ2) is 5.41. The van der Waals surface area contributed by atoms with Gasteiger partial charge in [0.15, 0.2) is 5.65 Å². The SMILES string of the molecule is Oc1ccc(-c2ccc3c(-c4ccc(Cl)cc4)[nH]nc3n2)cc1. The van der Waals surface area contributed by atoms with E-state index >= 15 is 0 Å². The summed E-state index contributed by atoms with van der Waals surface area (Å²) in [7, 11) is 0. The molecular weight excluding hydrogens is 310 g/mol. The number of rotatable bonds is 2. The molecule has 0 atom stereocenters. The number of nitrogens with one attached hydrogen (secondary N) is 1. The van der Waals surface area contributed by atoms with E-state index in [4.69, 9.17) is 11.6 Å². The second-order valence-electron chi connectivity index (χ2n) is 5.22. The lowest BCUT2D eigenvalue weighted by Crippen LogP contribution is -1.84. The zero-order chi connectivity index (χ0) is 15.8. The van der Waals surface area contributed by atoms with Gasteiger partial charge in [0.05, 0.1) is 11.4 Å². The first-order valence-electron chi connectivity index (χ1n) is 7.11. The maximum absolute atomic E-state index is 9.38. The average Bonchev–Trinajstić information content (AvgIpc) is 2.99. The number of halogens is 1. The van der Waals surface area contributed by atoms with Crippen LogP contribution in [0.2, 0.25) is 5.02 Å². The minimum Gasteiger partial charge on any atom is -0.508 e. The number of phenols is 1. The molecule has 2 heterocycles. The molecule has 4 aromatic rings. The highest BCUT2D eigenvalue weighted by atomic mass is 35.5. The highest BCUT2D eigenvalue weighted by Crippen LogP contribution is 2.28. The Hall–Kier alpha value is -2.85. The Balaban J connectivity index is 1.79. The number of aromatic nitrogens is 3. The van der Waals surface area contributed by atoms with Crippen molar-refractivity contribution in [2.75, 3.05) is 0 Å². The van der Waals surface area contributed by atoms with Crippen molar-refractivity contribution in [3.05, 3.63) is 65.7 Å². The second-order valence-corrected chi connectivity index (χ2v) is 5.66. The van der Waals surface area contributed by atoms with Crippen LogP contribution in [0.25, 0.3) is 33.5 Å². The molecule has 0 bridgehead atoms. The minimum absolute atomic E-state index is 0.236. The van der Waals surface area contributed by atoms with E-state index in [1.165, 1.54) is 0 Å². The molecule has 0 spiro atoms. The van der Waals surface area contributed by atoms with Gasteiger partial charge < -0.3 is 5.11 Å². The van der Waals surface area contributed by atoms with Crippen LogP contribution in [-0.2, 0) is 0 Å². The molecule has 4 rings (SSSR count). The molecule has 2 aromatic heterocycles. The highest BCUT2D eigenvalue weighted by molar-refractivity contribution is 6.30. The van der Waals surface area contributed by atoms with Crippen LogP contribution in [0.4, 0.5) is 0 Å². The zero-order valence-corrected chi connectivity index (χ0v) is 12.7. The summed E-state index contributed by atoms with van der Waals surface area (Å²) in [4.78, 5) is 4.59. The van der Waals surface area contributed by atoms with Crippen molar-refractivity contribution in [3.8, 4) is 28.3 Å². The Kier molecular flexibility index (Phi) is 3.24. The number of H-pyrrole nitrogens is 1. The maximum Gasteiger partial charge on any atom is 0.182 e. The average molecular weight is 322 g/mol. The van der Waals surface area contributed by atoms with Crippen molar-refractivity contribution in [1.82, 2.24) is 15.2 Å². The molecule has 0 fully saturated rings. The van der Waals surface area contributed by atoms with Gasteiger partial charge in [-0.1, -0.05) is 23.7 Å². The van der Waals surface area contributed by atoms with Gasteiger partial charge in [-0.15, -0.1) is 0 Å². The molecule has 4 nitrogen and oxygen atoms in total. The summed E-state index contributed by atoms with van der Waals surface area (Å²) in [5, 5.41) is 18.4. The summed E-state index contributed by atoms with van der Waals surface area (Å²) < 4.78 is 0. The van der Waals surface area contributed by atoms with Crippen LogP contribution in [0.1, 0.15) is 0 Å². The first kappa shape index (κ1) is 13.8. The van der Waals surface area contributed by atoms with E-state index in [0.717, 1.165) is 27.9 Å². The molecule has 5 heteroatoms. The van der Waals surface area contributed by atoms with Crippen LogP contribution in [-0.4, -0.2) is 20.3 Å². The molecule has 112 valence electrons. The van der Waals surface area contributed by atoms with Gasteiger partial charge in [0.2, 0.25) is 0 Å². The molecule has 2 aromatic carbocycles. The molecule has 0 unspecified atom stereocenters. The third-order valence-electron chi connectivity index (χ3n) is 3.71. The largest absolute Gasteiger partial charge is 0.508 e. The molecule has 0 radical (unpaired) electrons. The summed E-state index contributed by atoms with van der Waals surface area (Å²) in [6.07, 6.45) is 0. The third kappa shape index (κ3) is 2.53. The van der Waals surface area contributed by atoms with Crippen molar-refractivity contribution in [2.24, 2.45) is 0 Å². The summed E-state index contributed by atoms with van der Waals surface area (Å²) >= 11 is 5.94. The Labute approximate surface area is 137 Å². The summed E-state index contributed by atoms with van der Waals surface area (Å²) in [6.45, 7) is 0. The molecular formula is C18H12ClN3O. The van der Waals surface area contributed by atoms with Gasteiger partial charge in [-0.05, 0) is 48.5 Å². The predicted molar refractivity (Wildman–Crippen MR) is 91.4 cm³/mol. The van der Waals surface area contributed by atoms with E-state index in [1.54, 1.807) is 12.1 Å². The van der Waals surface area contributed by atoms with Gasteiger partial charge in [-0.25, -0.2) is 4.98 Å². The Bertz CT molecular complexity index is 976. The molecule has 23 heavy (non-hydrogen) atoms. The van der Waals surface area contributed by atoms with E-state index in [9.17, 15) is 5.11 Å². The van der Waals surface area contributed by atoms with E-state index < -0.39 is 0 Å². The van der Waals surface area contributed by atoms with Gasteiger partial charge in [0, 0.05) is 21.5 Å². The standard InChI is InChI=1S/C18H12ClN3O/c19-13-5-1-12(2-6-13)17-15-9-10-16(20-18(15)22-21-17)11-3-7-14(23)8-4-11/h1-10,23H,(H,20,21,22). The number of hydrogen-bond acceptors (Lipinski definition) is 3. The maximum atomic E-state index is 9.38. The van der Waals surface area contributed by atoms with E-state index in [1.807, 2.05) is 48.5 Å². The lowest BCUT2D eigenvalue weighted by molar-refractivity contribution is 0.475. The van der Waals surface area contributed by atoms with Gasteiger partial charge >= 0.3 is 0 Å². The predicted octanol–water partition coefficient (Wildman–Crippen LogP) is 4.65. The monoisotopic (exact) mass is 321 g/mol. The Morgan fingerprint density at radius 2 is 1.52 bits per heavy atom. The smallest absolute Gasteiger partial charge is 0.182 e. The number of nitrogens with zero attached hydrogens (tertiary/aromatic N) is 2. The topological polar surface area (TPSA) is 61.8 Å². The molecule has 0 saturated carbocycles. The molecule has 0 saturated heterocycles. The summed E-state index contributed by atoms with van der Waals surface area (Å²) in [5.41, 5.74) is 4.32. The molecule has 0 amide bonds. The van der Waals surface area contributed by atoms with E-state index in [-0.39, 0.29) is 5.75 Å². The van der Waals surface area contributed by atoms with Gasteiger partial charge in [-0.2, -0.15) is 5.10 Å². The summed E-state index contributed by atoms with van der Waals surface area (Å²) in [5.74, 6) is 0.236. The zero-order valence-electron chi connectivity index (χ0n) is 12.0. The first-order chi connectivity index (χ1) is 11.2. The quantitative estimate of drug-likeness (QED) is 0.565.